The summed E-state index contributed by atoms with van der Waals surface area (Å²) in [5.41, 5.74) is 5.21. The highest BCUT2D eigenvalue weighted by Crippen LogP contribution is 2.22. The van der Waals surface area contributed by atoms with E-state index in [2.05, 4.69) is 10.3 Å². The number of ether oxygens (including phenoxy) is 1. The zero-order valence-electron chi connectivity index (χ0n) is 18.2. The number of amides is 1. The number of nitriles is 1. The van der Waals surface area contributed by atoms with Crippen molar-refractivity contribution in [2.75, 3.05) is 5.32 Å². The summed E-state index contributed by atoms with van der Waals surface area (Å²) in [6.07, 6.45) is -0.629. The first kappa shape index (κ1) is 22.9. The number of rotatable bonds is 6. The highest BCUT2D eigenvalue weighted by atomic mass is 16.5. The number of anilines is 1. The van der Waals surface area contributed by atoms with Crippen molar-refractivity contribution in [3.05, 3.63) is 61.6 Å². The molecule has 1 aromatic heterocycles. The molecule has 0 aliphatic heterocycles. The van der Waals surface area contributed by atoms with E-state index in [4.69, 9.17) is 10.00 Å². The van der Waals surface area contributed by atoms with Gasteiger partial charge in [-0.25, -0.2) is 0 Å². The molecule has 0 bridgehead atoms. The Labute approximate surface area is 176 Å². The molecule has 0 radical (unpaired) electrons. The van der Waals surface area contributed by atoms with Gasteiger partial charge in [0.2, 0.25) is 0 Å². The van der Waals surface area contributed by atoms with E-state index in [1.54, 1.807) is 13.8 Å². The monoisotopic (exact) mass is 409 g/mol. The number of nitrogens with one attached hydrogen (secondary N) is 2. The van der Waals surface area contributed by atoms with E-state index in [1.165, 1.54) is 6.92 Å². The summed E-state index contributed by atoms with van der Waals surface area (Å²) >= 11 is 0. The van der Waals surface area contributed by atoms with E-state index in [9.17, 15) is 14.4 Å². The maximum absolute atomic E-state index is 12.5. The van der Waals surface area contributed by atoms with Crippen molar-refractivity contribution in [2.24, 2.45) is 0 Å². The van der Waals surface area contributed by atoms with E-state index in [1.807, 2.05) is 39.0 Å². The van der Waals surface area contributed by atoms with Crippen molar-refractivity contribution >= 4 is 17.6 Å². The molecule has 1 aromatic carbocycles. The zero-order valence-corrected chi connectivity index (χ0v) is 18.2. The normalized spacial score (nSPS) is 11.5. The van der Waals surface area contributed by atoms with Crippen LogP contribution in [0.1, 0.15) is 52.4 Å². The summed E-state index contributed by atoms with van der Waals surface area (Å²) in [6.45, 7) is 10.7. The van der Waals surface area contributed by atoms with Crippen molar-refractivity contribution in [1.82, 2.24) is 4.98 Å². The second-order valence-corrected chi connectivity index (χ2v) is 7.56. The van der Waals surface area contributed by atoms with Gasteiger partial charge < -0.3 is 15.0 Å². The molecule has 158 valence electrons. The molecule has 2 N–H and O–H groups in total. The third-order valence-corrected chi connectivity index (χ3v) is 5.10. The number of nitrogens with zero attached hydrogens (tertiary/aromatic N) is 1. The van der Waals surface area contributed by atoms with Crippen LogP contribution in [0.4, 0.5) is 5.69 Å². The summed E-state index contributed by atoms with van der Waals surface area (Å²) in [5, 5.41) is 12.0. The van der Waals surface area contributed by atoms with Gasteiger partial charge in [0.05, 0.1) is 0 Å². The van der Waals surface area contributed by atoms with Crippen molar-refractivity contribution in [3.8, 4) is 6.07 Å². The fourth-order valence-corrected chi connectivity index (χ4v) is 3.56. The van der Waals surface area contributed by atoms with Gasteiger partial charge in [-0.3, -0.25) is 14.4 Å². The molecule has 0 fully saturated rings. The molecule has 2 rings (SSSR count). The predicted octanol–water partition coefficient (Wildman–Crippen LogP) is 3.29. The zero-order chi connectivity index (χ0) is 22.6. The Balaban J connectivity index is 2.01. The van der Waals surface area contributed by atoms with E-state index in [0.717, 1.165) is 27.9 Å². The van der Waals surface area contributed by atoms with Crippen molar-refractivity contribution in [1.29, 1.82) is 5.26 Å². The quantitative estimate of drug-likeness (QED) is 0.711. The molecule has 0 unspecified atom stereocenters. The van der Waals surface area contributed by atoms with E-state index < -0.39 is 23.5 Å². The van der Waals surface area contributed by atoms with Crippen molar-refractivity contribution < 1.29 is 14.3 Å². The molecule has 0 saturated carbocycles. The van der Waals surface area contributed by atoms with E-state index >= 15 is 0 Å². The van der Waals surface area contributed by atoms with Crippen LogP contribution >= 0.6 is 0 Å². The van der Waals surface area contributed by atoms with Gasteiger partial charge in [-0.15, -0.1) is 0 Å². The van der Waals surface area contributed by atoms with Crippen LogP contribution in [-0.4, -0.2) is 23.0 Å². The lowest BCUT2D eigenvalue weighted by molar-refractivity contribution is -0.153. The van der Waals surface area contributed by atoms with E-state index in [0.29, 0.717) is 17.7 Å². The Hall–Kier alpha value is -3.40. The first-order valence-corrected chi connectivity index (χ1v) is 9.75. The smallest absolute Gasteiger partial charge is 0.306 e. The topological polar surface area (TPSA) is 112 Å². The van der Waals surface area contributed by atoms with Crippen LogP contribution in [0.3, 0.4) is 0 Å². The highest BCUT2D eigenvalue weighted by molar-refractivity contribution is 5.96. The molecule has 7 heteroatoms. The number of pyridine rings is 1. The van der Waals surface area contributed by atoms with Crippen molar-refractivity contribution in [3.63, 3.8) is 0 Å². The molecule has 1 amide bonds. The Morgan fingerprint density at radius 2 is 1.77 bits per heavy atom. The molecule has 2 aromatic rings. The van der Waals surface area contributed by atoms with Crippen LogP contribution in [0.5, 0.6) is 0 Å². The number of hydrogen-bond acceptors (Lipinski definition) is 5. The number of carbonyl (C=O) groups excluding carboxylic acids is 2. The molecule has 0 aliphatic carbocycles. The second kappa shape index (κ2) is 9.40. The number of aromatic amines is 1. The molecule has 7 nitrogen and oxygen atoms in total. The average molecular weight is 409 g/mol. The summed E-state index contributed by atoms with van der Waals surface area (Å²) in [5.74, 6) is -0.930. The van der Waals surface area contributed by atoms with Crippen LogP contribution in [0.2, 0.25) is 0 Å². The summed E-state index contributed by atoms with van der Waals surface area (Å²) in [4.78, 5) is 39.2. The van der Waals surface area contributed by atoms with Gasteiger partial charge in [-0.1, -0.05) is 17.7 Å². The SMILES string of the molecule is Cc1cc(C)c(NC(=O)[C@@H](C)OC(=O)CCc2c(C)[nH]c(=O)c(C#N)c2C)c(C)c1. The molecule has 0 spiro atoms. The minimum atomic E-state index is -0.954. The molecule has 1 heterocycles. The van der Waals surface area contributed by atoms with Crippen LogP contribution in [0.15, 0.2) is 16.9 Å². The number of H-pyrrole nitrogens is 1. The largest absolute Gasteiger partial charge is 0.453 e. The first-order chi connectivity index (χ1) is 14.0. The van der Waals surface area contributed by atoms with Crippen molar-refractivity contribution in [2.45, 2.75) is 60.5 Å². The lowest BCUT2D eigenvalue weighted by Crippen LogP contribution is -2.30. The molecule has 1 atom stereocenters. The molecular formula is C23H27N3O4. The lowest BCUT2D eigenvalue weighted by atomic mass is 9.99. The molecule has 0 saturated heterocycles. The average Bonchev–Trinajstić information content (AvgIpc) is 2.64. The number of aryl methyl sites for hydroxylation is 4. The van der Waals surface area contributed by atoms with Gasteiger partial charge in [0, 0.05) is 17.8 Å². The number of esters is 1. The number of hydrogen-bond donors (Lipinski definition) is 2. The number of benzene rings is 1. The standard InChI is InChI=1S/C23H27N3O4/c1-12-9-13(2)21(14(3)10-12)26-22(28)17(6)30-20(27)8-7-18-15(4)19(11-24)23(29)25-16(18)5/h9-10,17H,7-8H2,1-6H3,(H,25,29)(H,26,28)/t17-/m1/s1. The van der Waals surface area contributed by atoms with Gasteiger partial charge in [-0.05, 0) is 70.2 Å². The van der Waals surface area contributed by atoms with Crippen LogP contribution in [0.25, 0.3) is 0 Å². The lowest BCUT2D eigenvalue weighted by Gasteiger charge is -2.17. The Bertz CT molecular complexity index is 1070. The summed E-state index contributed by atoms with van der Waals surface area (Å²) in [7, 11) is 0. The van der Waals surface area contributed by atoms with Gasteiger partial charge in [0.15, 0.2) is 6.10 Å². The Morgan fingerprint density at radius 1 is 1.17 bits per heavy atom. The van der Waals surface area contributed by atoms with Gasteiger partial charge in [0.25, 0.3) is 11.5 Å². The minimum Gasteiger partial charge on any atom is -0.453 e. The molecule has 0 aliphatic rings. The fraction of sp³-hybridized carbons (Fsp3) is 0.391. The maximum Gasteiger partial charge on any atom is 0.306 e. The summed E-state index contributed by atoms with van der Waals surface area (Å²) < 4.78 is 5.28. The first-order valence-electron chi connectivity index (χ1n) is 9.75. The summed E-state index contributed by atoms with van der Waals surface area (Å²) in [6, 6.07) is 5.84. The Kier molecular flexibility index (Phi) is 7.17. The fourth-order valence-electron chi connectivity index (χ4n) is 3.56. The molecule has 30 heavy (non-hydrogen) atoms. The third kappa shape index (κ3) is 5.15. The maximum atomic E-state index is 12.5. The Morgan fingerprint density at radius 3 is 2.33 bits per heavy atom. The minimum absolute atomic E-state index is 0.0266. The van der Waals surface area contributed by atoms with Crippen LogP contribution < -0.4 is 10.9 Å². The van der Waals surface area contributed by atoms with Crippen LogP contribution in [0, 0.1) is 45.9 Å². The molecular weight excluding hydrogens is 382 g/mol. The van der Waals surface area contributed by atoms with Gasteiger partial charge >= 0.3 is 5.97 Å². The van der Waals surface area contributed by atoms with Crippen LogP contribution in [-0.2, 0) is 20.7 Å². The third-order valence-electron chi connectivity index (χ3n) is 5.10. The van der Waals surface area contributed by atoms with Gasteiger partial charge in [-0.2, -0.15) is 5.26 Å². The predicted molar refractivity (Wildman–Crippen MR) is 114 cm³/mol. The number of carbonyl (C=O) groups is 2. The highest BCUT2D eigenvalue weighted by Gasteiger charge is 2.20. The van der Waals surface area contributed by atoms with E-state index in [-0.39, 0.29) is 12.0 Å². The second-order valence-electron chi connectivity index (χ2n) is 7.56. The number of aromatic nitrogens is 1. The van der Waals surface area contributed by atoms with Gasteiger partial charge in [0.1, 0.15) is 11.6 Å².